The summed E-state index contributed by atoms with van der Waals surface area (Å²) in [7, 11) is 0. The molecule has 0 spiro atoms. The molecular formula is C21H23NO3. The van der Waals surface area contributed by atoms with E-state index in [0.717, 1.165) is 59.7 Å². The second-order valence-electron chi connectivity index (χ2n) is 6.45. The van der Waals surface area contributed by atoms with E-state index in [-0.39, 0.29) is 6.10 Å². The summed E-state index contributed by atoms with van der Waals surface area (Å²) in [5.74, 6) is 2.60. The molecule has 0 saturated carbocycles. The second-order valence-corrected chi connectivity index (χ2v) is 6.45. The molecule has 1 fully saturated rings. The molecule has 0 aliphatic carbocycles. The van der Waals surface area contributed by atoms with Crippen molar-refractivity contribution in [2.24, 2.45) is 0 Å². The third kappa shape index (κ3) is 3.49. The van der Waals surface area contributed by atoms with Crippen molar-refractivity contribution in [1.82, 2.24) is 5.32 Å². The van der Waals surface area contributed by atoms with Gasteiger partial charge in [0, 0.05) is 5.56 Å². The van der Waals surface area contributed by atoms with Crippen molar-refractivity contribution >= 4 is 11.0 Å². The van der Waals surface area contributed by atoms with Crippen molar-refractivity contribution in [3.63, 3.8) is 0 Å². The van der Waals surface area contributed by atoms with E-state index in [1.54, 1.807) is 0 Å². The van der Waals surface area contributed by atoms with Crippen LogP contribution in [0.5, 0.6) is 11.5 Å². The SMILES string of the molecule is Cc1c(COc2ccccc2)oc2cccc(OC3CCNCC3)c12. The molecule has 4 heteroatoms. The largest absolute Gasteiger partial charge is 0.490 e. The summed E-state index contributed by atoms with van der Waals surface area (Å²) in [4.78, 5) is 0. The lowest BCUT2D eigenvalue weighted by Crippen LogP contribution is -2.34. The van der Waals surface area contributed by atoms with E-state index < -0.39 is 0 Å². The summed E-state index contributed by atoms with van der Waals surface area (Å²) < 4.78 is 18.2. The van der Waals surface area contributed by atoms with E-state index in [4.69, 9.17) is 13.9 Å². The number of piperidine rings is 1. The molecule has 0 amide bonds. The van der Waals surface area contributed by atoms with Crippen LogP contribution in [-0.4, -0.2) is 19.2 Å². The lowest BCUT2D eigenvalue weighted by atomic mass is 10.1. The predicted octanol–water partition coefficient (Wildman–Crippen LogP) is 4.45. The number of hydrogen-bond acceptors (Lipinski definition) is 4. The van der Waals surface area contributed by atoms with Crippen LogP contribution >= 0.6 is 0 Å². The summed E-state index contributed by atoms with van der Waals surface area (Å²) in [5, 5.41) is 4.43. The topological polar surface area (TPSA) is 43.6 Å². The van der Waals surface area contributed by atoms with Crippen molar-refractivity contribution in [3.8, 4) is 11.5 Å². The van der Waals surface area contributed by atoms with E-state index in [0.29, 0.717) is 6.61 Å². The van der Waals surface area contributed by atoms with Crippen LogP contribution in [-0.2, 0) is 6.61 Å². The minimum absolute atomic E-state index is 0.269. The standard InChI is InChI=1S/C21H23NO3/c1-15-20(14-23-16-6-3-2-4-7-16)25-19-9-5-8-18(21(15)19)24-17-10-12-22-13-11-17/h2-9,17,22H,10-14H2,1H3. The Morgan fingerprint density at radius 3 is 2.64 bits per heavy atom. The zero-order valence-electron chi connectivity index (χ0n) is 14.5. The van der Waals surface area contributed by atoms with Crippen LogP contribution in [0.15, 0.2) is 52.9 Å². The minimum atomic E-state index is 0.269. The summed E-state index contributed by atoms with van der Waals surface area (Å²) >= 11 is 0. The van der Waals surface area contributed by atoms with Crippen LogP contribution in [0.3, 0.4) is 0 Å². The van der Waals surface area contributed by atoms with Crippen molar-refractivity contribution < 1.29 is 13.9 Å². The van der Waals surface area contributed by atoms with Crippen LogP contribution in [0, 0.1) is 6.92 Å². The van der Waals surface area contributed by atoms with Gasteiger partial charge in [-0.25, -0.2) is 0 Å². The third-order valence-electron chi connectivity index (χ3n) is 4.71. The Morgan fingerprint density at radius 1 is 1.04 bits per heavy atom. The van der Waals surface area contributed by atoms with Gasteiger partial charge in [0.1, 0.15) is 35.6 Å². The van der Waals surface area contributed by atoms with E-state index in [1.807, 2.05) is 48.5 Å². The maximum absolute atomic E-state index is 6.28. The number of aryl methyl sites for hydroxylation is 1. The predicted molar refractivity (Wildman–Crippen MR) is 98.2 cm³/mol. The molecule has 4 rings (SSSR count). The van der Waals surface area contributed by atoms with Gasteiger partial charge in [-0.2, -0.15) is 0 Å². The number of hydrogen-bond donors (Lipinski definition) is 1. The zero-order valence-corrected chi connectivity index (χ0v) is 14.5. The fraction of sp³-hybridized carbons (Fsp3) is 0.333. The molecule has 0 bridgehead atoms. The summed E-state index contributed by atoms with van der Waals surface area (Å²) in [5.41, 5.74) is 1.95. The van der Waals surface area contributed by atoms with Gasteiger partial charge in [0.25, 0.3) is 0 Å². The molecule has 3 aromatic rings. The van der Waals surface area contributed by atoms with Crippen molar-refractivity contribution in [3.05, 3.63) is 59.9 Å². The highest BCUT2D eigenvalue weighted by Gasteiger charge is 2.19. The first-order valence-corrected chi connectivity index (χ1v) is 8.87. The summed E-state index contributed by atoms with van der Waals surface area (Å²) in [6.45, 7) is 4.52. The molecule has 1 saturated heterocycles. The Morgan fingerprint density at radius 2 is 1.84 bits per heavy atom. The number of rotatable bonds is 5. The number of furan rings is 1. The average Bonchev–Trinajstić information content (AvgIpc) is 2.99. The molecule has 2 aromatic carbocycles. The van der Waals surface area contributed by atoms with E-state index in [2.05, 4.69) is 12.2 Å². The Bertz CT molecular complexity index is 835. The first kappa shape index (κ1) is 16.0. The number of fused-ring (bicyclic) bond motifs is 1. The normalized spacial score (nSPS) is 15.4. The van der Waals surface area contributed by atoms with Gasteiger partial charge >= 0.3 is 0 Å². The van der Waals surface area contributed by atoms with Gasteiger partial charge < -0.3 is 19.2 Å². The first-order chi connectivity index (χ1) is 12.3. The Kier molecular flexibility index (Phi) is 4.61. The number of benzene rings is 2. The maximum atomic E-state index is 6.28. The van der Waals surface area contributed by atoms with Gasteiger partial charge in [0.05, 0.1) is 5.39 Å². The Labute approximate surface area is 147 Å². The molecule has 1 aliphatic rings. The average molecular weight is 337 g/mol. The van der Waals surface area contributed by atoms with E-state index >= 15 is 0 Å². The second kappa shape index (κ2) is 7.19. The number of para-hydroxylation sites is 1. The molecule has 0 atom stereocenters. The zero-order chi connectivity index (χ0) is 17.1. The van der Waals surface area contributed by atoms with Crippen LogP contribution < -0.4 is 14.8 Å². The molecule has 4 nitrogen and oxygen atoms in total. The Balaban J connectivity index is 1.57. The van der Waals surface area contributed by atoms with Crippen LogP contribution in [0.4, 0.5) is 0 Å². The van der Waals surface area contributed by atoms with Crippen LogP contribution in [0.1, 0.15) is 24.2 Å². The molecule has 1 N–H and O–H groups in total. The van der Waals surface area contributed by atoms with Gasteiger partial charge in [-0.05, 0) is 57.1 Å². The van der Waals surface area contributed by atoms with Gasteiger partial charge in [0.15, 0.2) is 0 Å². The molecule has 0 radical (unpaired) electrons. The highest BCUT2D eigenvalue weighted by molar-refractivity contribution is 5.88. The Hall–Kier alpha value is -2.46. The summed E-state index contributed by atoms with van der Waals surface area (Å²) in [6.07, 6.45) is 2.35. The maximum Gasteiger partial charge on any atom is 0.146 e. The fourth-order valence-corrected chi connectivity index (χ4v) is 3.31. The molecule has 25 heavy (non-hydrogen) atoms. The van der Waals surface area contributed by atoms with Gasteiger partial charge in [-0.1, -0.05) is 24.3 Å². The molecule has 130 valence electrons. The van der Waals surface area contributed by atoms with Crippen molar-refractivity contribution in [2.45, 2.75) is 32.5 Å². The number of nitrogens with one attached hydrogen (secondary N) is 1. The van der Waals surface area contributed by atoms with Crippen molar-refractivity contribution in [2.75, 3.05) is 13.1 Å². The highest BCUT2D eigenvalue weighted by Crippen LogP contribution is 2.34. The van der Waals surface area contributed by atoms with Crippen LogP contribution in [0.25, 0.3) is 11.0 Å². The van der Waals surface area contributed by atoms with Gasteiger partial charge in [0.2, 0.25) is 0 Å². The molecule has 0 unspecified atom stereocenters. The smallest absolute Gasteiger partial charge is 0.146 e. The lowest BCUT2D eigenvalue weighted by Gasteiger charge is -2.24. The lowest BCUT2D eigenvalue weighted by molar-refractivity contribution is 0.164. The first-order valence-electron chi connectivity index (χ1n) is 8.87. The molecule has 2 heterocycles. The summed E-state index contributed by atoms with van der Waals surface area (Å²) in [6, 6.07) is 15.8. The number of ether oxygens (including phenoxy) is 2. The molecule has 1 aromatic heterocycles. The van der Waals surface area contributed by atoms with Gasteiger partial charge in [-0.15, -0.1) is 0 Å². The quantitative estimate of drug-likeness (QED) is 0.747. The van der Waals surface area contributed by atoms with E-state index in [9.17, 15) is 0 Å². The molecule has 1 aliphatic heterocycles. The third-order valence-corrected chi connectivity index (χ3v) is 4.71. The van der Waals surface area contributed by atoms with E-state index in [1.165, 1.54) is 0 Å². The minimum Gasteiger partial charge on any atom is -0.490 e. The molecular weight excluding hydrogens is 314 g/mol. The monoisotopic (exact) mass is 337 g/mol. The fourth-order valence-electron chi connectivity index (χ4n) is 3.31. The highest BCUT2D eigenvalue weighted by atomic mass is 16.5. The van der Waals surface area contributed by atoms with Crippen LogP contribution in [0.2, 0.25) is 0 Å². The van der Waals surface area contributed by atoms with Gasteiger partial charge in [-0.3, -0.25) is 0 Å². The van der Waals surface area contributed by atoms with Crippen molar-refractivity contribution in [1.29, 1.82) is 0 Å².